The summed E-state index contributed by atoms with van der Waals surface area (Å²) in [5, 5.41) is 0.593. The van der Waals surface area contributed by atoms with E-state index in [1.165, 1.54) is 0 Å². The van der Waals surface area contributed by atoms with Crippen molar-refractivity contribution in [3.05, 3.63) is 69.2 Å². The fourth-order valence-electron chi connectivity index (χ4n) is 2.73. The number of rotatable bonds is 6. The zero-order chi connectivity index (χ0) is 26.1. The Bertz CT molecular complexity index is 1290. The summed E-state index contributed by atoms with van der Waals surface area (Å²) in [5.41, 5.74) is -1.92. The number of carbonyl (C=O) groups excluding carboxylic acids is 2. The fourth-order valence-corrected chi connectivity index (χ4v) is 3.50. The second kappa shape index (κ2) is 9.32. The standard InChI is InChI=1S/C20H13F5N2O4S/c1-30-9-5-3-4-8(6-9)12-13(22)15(24)17(16(25)14(12)23)26-20(29)18-10(7-11(21)32-18)19(28)27-31-2/h3-7H,1-2H3,(H,26,29)(H,27,28)/i1D3. The molecule has 2 aromatic carbocycles. The lowest BCUT2D eigenvalue weighted by atomic mass is 10.0. The Morgan fingerprint density at radius 1 is 1.00 bits per heavy atom. The van der Waals surface area contributed by atoms with Crippen LogP contribution in [0.4, 0.5) is 27.6 Å². The highest BCUT2D eigenvalue weighted by atomic mass is 32.1. The minimum atomic E-state index is -2.90. The van der Waals surface area contributed by atoms with Crippen molar-refractivity contribution in [2.75, 3.05) is 19.5 Å². The van der Waals surface area contributed by atoms with Crippen molar-refractivity contribution < 1.29 is 45.2 Å². The lowest BCUT2D eigenvalue weighted by Gasteiger charge is -2.14. The molecule has 0 aliphatic carbocycles. The average molecular weight is 475 g/mol. The molecule has 0 aliphatic rings. The highest BCUT2D eigenvalue weighted by molar-refractivity contribution is 7.13. The number of amides is 2. The Labute approximate surface area is 185 Å². The number of benzene rings is 2. The number of methoxy groups -OCH3 is 1. The van der Waals surface area contributed by atoms with Crippen molar-refractivity contribution in [3.63, 3.8) is 0 Å². The maximum Gasteiger partial charge on any atom is 0.276 e. The lowest BCUT2D eigenvalue weighted by molar-refractivity contribution is 0.0536. The molecule has 168 valence electrons. The van der Waals surface area contributed by atoms with Crippen molar-refractivity contribution >= 4 is 28.8 Å². The van der Waals surface area contributed by atoms with Gasteiger partial charge in [0.2, 0.25) is 0 Å². The molecule has 3 aromatic rings. The van der Waals surface area contributed by atoms with E-state index >= 15 is 0 Å². The van der Waals surface area contributed by atoms with Crippen molar-refractivity contribution in [2.24, 2.45) is 0 Å². The van der Waals surface area contributed by atoms with Crippen LogP contribution < -0.4 is 15.5 Å². The lowest BCUT2D eigenvalue weighted by Crippen LogP contribution is -2.24. The van der Waals surface area contributed by atoms with Crippen LogP contribution in [-0.4, -0.2) is 26.0 Å². The molecule has 1 aromatic heterocycles. The molecule has 0 radical (unpaired) electrons. The minimum absolute atomic E-state index is 0.135. The topological polar surface area (TPSA) is 76.7 Å². The quantitative estimate of drug-likeness (QED) is 0.309. The first-order valence-corrected chi connectivity index (χ1v) is 9.25. The van der Waals surface area contributed by atoms with Crippen LogP contribution in [0.5, 0.6) is 5.75 Å². The second-order valence-corrected chi connectivity index (χ2v) is 7.02. The van der Waals surface area contributed by atoms with E-state index < -0.39 is 74.5 Å². The molecule has 0 fully saturated rings. The van der Waals surface area contributed by atoms with Gasteiger partial charge in [0.25, 0.3) is 11.8 Å². The van der Waals surface area contributed by atoms with Crippen LogP contribution in [0.15, 0.2) is 30.3 Å². The van der Waals surface area contributed by atoms with Gasteiger partial charge in [0, 0.05) is 0 Å². The summed E-state index contributed by atoms with van der Waals surface area (Å²) in [5.74, 6) is -10.7. The zero-order valence-electron chi connectivity index (χ0n) is 18.8. The Morgan fingerprint density at radius 2 is 1.69 bits per heavy atom. The van der Waals surface area contributed by atoms with Crippen LogP contribution in [-0.2, 0) is 4.84 Å². The predicted molar refractivity (Wildman–Crippen MR) is 105 cm³/mol. The first kappa shape index (κ1) is 19.2. The third-order valence-corrected chi connectivity index (χ3v) is 5.01. The highest BCUT2D eigenvalue weighted by Crippen LogP contribution is 2.36. The van der Waals surface area contributed by atoms with Crippen molar-refractivity contribution in [2.45, 2.75) is 0 Å². The zero-order valence-corrected chi connectivity index (χ0v) is 16.6. The van der Waals surface area contributed by atoms with E-state index in [1.54, 1.807) is 5.32 Å². The van der Waals surface area contributed by atoms with Gasteiger partial charge in [-0.25, -0.2) is 23.0 Å². The minimum Gasteiger partial charge on any atom is -0.497 e. The van der Waals surface area contributed by atoms with Gasteiger partial charge in [-0.15, -0.1) is 0 Å². The molecule has 3 rings (SSSR count). The number of nitrogens with one attached hydrogen (secondary N) is 2. The molecular weight excluding hydrogens is 459 g/mol. The van der Waals surface area contributed by atoms with Crippen molar-refractivity contribution in [1.82, 2.24) is 5.48 Å². The number of hydrogen-bond acceptors (Lipinski definition) is 5. The third-order valence-electron chi connectivity index (χ3n) is 4.09. The van der Waals surface area contributed by atoms with Gasteiger partial charge in [-0.05, 0) is 23.8 Å². The summed E-state index contributed by atoms with van der Waals surface area (Å²) in [6.45, 7) is 0. The number of hydroxylamine groups is 1. The average Bonchev–Trinajstić information content (AvgIpc) is 3.17. The Kier molecular flexibility index (Phi) is 5.59. The molecule has 0 spiro atoms. The van der Waals surface area contributed by atoms with Gasteiger partial charge in [0.1, 0.15) is 16.3 Å². The van der Waals surface area contributed by atoms with E-state index in [0.29, 0.717) is 6.07 Å². The van der Waals surface area contributed by atoms with E-state index in [1.807, 2.05) is 5.48 Å². The molecule has 0 bridgehead atoms. The molecule has 0 atom stereocenters. The molecule has 2 N–H and O–H groups in total. The van der Waals surface area contributed by atoms with Gasteiger partial charge < -0.3 is 10.1 Å². The maximum absolute atomic E-state index is 14.8. The molecule has 2 amide bonds. The number of carbonyl (C=O) groups is 2. The summed E-state index contributed by atoms with van der Waals surface area (Å²) in [6.07, 6.45) is 0. The van der Waals surface area contributed by atoms with Crippen LogP contribution >= 0.6 is 11.3 Å². The van der Waals surface area contributed by atoms with Crippen molar-refractivity contribution in [3.8, 4) is 16.9 Å². The second-order valence-electron chi connectivity index (χ2n) is 6.02. The van der Waals surface area contributed by atoms with E-state index in [-0.39, 0.29) is 17.1 Å². The molecule has 6 nitrogen and oxygen atoms in total. The smallest absolute Gasteiger partial charge is 0.276 e. The first-order chi connectivity index (χ1) is 16.3. The summed E-state index contributed by atoms with van der Waals surface area (Å²) < 4.78 is 98.6. The molecule has 0 saturated carbocycles. The number of thiophene rings is 1. The number of anilines is 1. The van der Waals surface area contributed by atoms with Gasteiger partial charge in [-0.3, -0.25) is 14.4 Å². The van der Waals surface area contributed by atoms with Gasteiger partial charge >= 0.3 is 0 Å². The molecule has 1 heterocycles. The number of ether oxygens (including phenoxy) is 1. The summed E-state index contributed by atoms with van der Waals surface area (Å²) in [6, 6.07) is 4.82. The van der Waals surface area contributed by atoms with E-state index in [0.717, 1.165) is 31.4 Å². The number of halogens is 5. The van der Waals surface area contributed by atoms with Gasteiger partial charge in [-0.2, -0.15) is 4.39 Å². The predicted octanol–water partition coefficient (Wildman–Crippen LogP) is 4.66. The first-order valence-electron chi connectivity index (χ1n) is 9.93. The Balaban J connectivity index is 2.02. The highest BCUT2D eigenvalue weighted by Gasteiger charge is 2.29. The van der Waals surface area contributed by atoms with Crippen LogP contribution in [0.25, 0.3) is 11.1 Å². The van der Waals surface area contributed by atoms with Crippen molar-refractivity contribution in [1.29, 1.82) is 0 Å². The van der Waals surface area contributed by atoms with Gasteiger partial charge in [-0.1, -0.05) is 23.5 Å². The molecular formula is C20H13F5N2O4S. The molecule has 32 heavy (non-hydrogen) atoms. The largest absolute Gasteiger partial charge is 0.497 e. The molecule has 0 aliphatic heterocycles. The monoisotopic (exact) mass is 475 g/mol. The summed E-state index contributed by atoms with van der Waals surface area (Å²) >= 11 is 0.135. The van der Waals surface area contributed by atoms with E-state index in [2.05, 4.69) is 9.57 Å². The normalized spacial score (nSPS) is 12.5. The van der Waals surface area contributed by atoms with Gasteiger partial charge in [0.05, 0.1) is 29.4 Å². The Hall–Kier alpha value is -3.51. The molecule has 12 heteroatoms. The van der Waals surface area contributed by atoms with Crippen LogP contribution in [0.1, 0.15) is 24.1 Å². The van der Waals surface area contributed by atoms with Gasteiger partial charge in [0.15, 0.2) is 28.4 Å². The SMILES string of the molecule is [2H]C([2H])([2H])Oc1cccc(-c2c(F)c(F)c(NC(=O)c3sc(F)cc3C(=O)NOC)c(F)c2F)c1. The number of hydrogen-bond donors (Lipinski definition) is 2. The maximum atomic E-state index is 14.8. The summed E-state index contributed by atoms with van der Waals surface area (Å²) in [4.78, 5) is 28.1. The summed E-state index contributed by atoms with van der Waals surface area (Å²) in [7, 11) is -1.84. The van der Waals surface area contributed by atoms with Crippen LogP contribution in [0, 0.1) is 28.4 Å². The fraction of sp³-hybridized carbons (Fsp3) is 0.100. The molecule has 0 saturated heterocycles. The van der Waals surface area contributed by atoms with E-state index in [9.17, 15) is 31.5 Å². The van der Waals surface area contributed by atoms with E-state index in [4.69, 9.17) is 4.11 Å². The third kappa shape index (κ3) is 4.27. The van der Waals surface area contributed by atoms with Crippen LogP contribution in [0.3, 0.4) is 0 Å². The Morgan fingerprint density at radius 3 is 2.31 bits per heavy atom. The van der Waals surface area contributed by atoms with Crippen LogP contribution in [0.2, 0.25) is 0 Å². The molecule has 0 unspecified atom stereocenters.